The number of halogens is 1. The Bertz CT molecular complexity index is 304. The lowest BCUT2D eigenvalue weighted by Gasteiger charge is -2.22. The molecule has 0 unspecified atom stereocenters. The van der Waals surface area contributed by atoms with Crippen LogP contribution in [0.5, 0.6) is 0 Å². The van der Waals surface area contributed by atoms with E-state index in [-0.39, 0.29) is 0 Å². The van der Waals surface area contributed by atoms with Gasteiger partial charge in [0.25, 0.3) is 0 Å². The van der Waals surface area contributed by atoms with Gasteiger partial charge in [-0.05, 0) is 15.9 Å². The Kier molecular flexibility index (Phi) is 6.29. The molecule has 16 heavy (non-hydrogen) atoms. The van der Waals surface area contributed by atoms with E-state index in [1.54, 1.807) is 14.2 Å². The van der Waals surface area contributed by atoms with Crippen LogP contribution in [0.1, 0.15) is 0 Å². The summed E-state index contributed by atoms with van der Waals surface area (Å²) in [5.41, 5.74) is 0. The van der Waals surface area contributed by atoms with Gasteiger partial charge in [0.05, 0.1) is 13.2 Å². The molecule has 1 aromatic rings. The van der Waals surface area contributed by atoms with Crippen LogP contribution < -0.4 is 4.90 Å². The molecule has 1 aromatic heterocycles. The van der Waals surface area contributed by atoms with E-state index in [4.69, 9.17) is 9.47 Å². The summed E-state index contributed by atoms with van der Waals surface area (Å²) in [6.07, 6.45) is 1.53. The predicted molar refractivity (Wildman–Crippen MR) is 65.7 cm³/mol. The molecule has 1 rings (SSSR count). The fourth-order valence-corrected chi connectivity index (χ4v) is 1.54. The quantitative estimate of drug-likeness (QED) is 0.709. The van der Waals surface area contributed by atoms with Crippen molar-refractivity contribution in [1.82, 2.24) is 9.97 Å². The molecule has 5 nitrogen and oxygen atoms in total. The van der Waals surface area contributed by atoms with E-state index in [9.17, 15) is 0 Å². The molecule has 0 radical (unpaired) electrons. The van der Waals surface area contributed by atoms with Gasteiger partial charge >= 0.3 is 0 Å². The van der Waals surface area contributed by atoms with Crippen LogP contribution in [-0.2, 0) is 9.47 Å². The fraction of sp³-hybridized carbons (Fsp3) is 0.600. The molecular formula is C10H16BrN3O2. The maximum atomic E-state index is 5.07. The van der Waals surface area contributed by atoms with Gasteiger partial charge in [-0.3, -0.25) is 0 Å². The number of ether oxygens (including phenoxy) is 2. The van der Waals surface area contributed by atoms with E-state index in [0.29, 0.717) is 13.2 Å². The van der Waals surface area contributed by atoms with Gasteiger partial charge in [-0.25, -0.2) is 9.97 Å². The maximum absolute atomic E-state index is 5.07. The van der Waals surface area contributed by atoms with Crippen molar-refractivity contribution < 1.29 is 9.47 Å². The minimum Gasteiger partial charge on any atom is -0.383 e. The van der Waals surface area contributed by atoms with Gasteiger partial charge in [-0.1, -0.05) is 0 Å². The summed E-state index contributed by atoms with van der Waals surface area (Å²) in [5, 5.41) is 0. The highest BCUT2D eigenvalue weighted by molar-refractivity contribution is 9.10. The monoisotopic (exact) mass is 289 g/mol. The van der Waals surface area contributed by atoms with E-state index < -0.39 is 0 Å². The summed E-state index contributed by atoms with van der Waals surface area (Å²) in [7, 11) is 3.37. The summed E-state index contributed by atoms with van der Waals surface area (Å²) < 4.78 is 10.9. The molecule has 0 amide bonds. The molecule has 1 heterocycles. The lowest BCUT2D eigenvalue weighted by molar-refractivity contribution is 0.190. The van der Waals surface area contributed by atoms with Crippen LogP contribution in [0.2, 0.25) is 0 Å². The first-order chi connectivity index (χ1) is 7.77. The van der Waals surface area contributed by atoms with Crippen molar-refractivity contribution in [3.05, 3.63) is 17.0 Å². The number of hydrogen-bond acceptors (Lipinski definition) is 5. The average Bonchev–Trinajstić information content (AvgIpc) is 2.29. The third kappa shape index (κ3) is 4.42. The topological polar surface area (TPSA) is 47.5 Å². The summed E-state index contributed by atoms with van der Waals surface area (Å²) >= 11 is 3.33. The van der Waals surface area contributed by atoms with Crippen molar-refractivity contribution in [1.29, 1.82) is 0 Å². The Morgan fingerprint density at radius 1 is 1.19 bits per heavy atom. The van der Waals surface area contributed by atoms with Crippen LogP contribution in [0.25, 0.3) is 0 Å². The van der Waals surface area contributed by atoms with E-state index >= 15 is 0 Å². The molecule has 0 bridgehead atoms. The number of methoxy groups -OCH3 is 2. The van der Waals surface area contributed by atoms with Crippen LogP contribution >= 0.6 is 15.9 Å². The van der Waals surface area contributed by atoms with E-state index in [2.05, 4.69) is 30.8 Å². The normalized spacial score (nSPS) is 10.4. The van der Waals surface area contributed by atoms with Crippen molar-refractivity contribution >= 4 is 21.7 Å². The second-order valence-corrected chi connectivity index (χ2v) is 3.98. The molecule has 0 aliphatic carbocycles. The van der Waals surface area contributed by atoms with Gasteiger partial charge < -0.3 is 14.4 Å². The second kappa shape index (κ2) is 7.54. The molecule has 0 spiro atoms. The summed E-state index contributed by atoms with van der Waals surface area (Å²) in [4.78, 5) is 10.3. The largest absolute Gasteiger partial charge is 0.383 e. The fourth-order valence-electron chi connectivity index (χ4n) is 1.24. The molecule has 0 saturated heterocycles. The van der Waals surface area contributed by atoms with Gasteiger partial charge in [0, 0.05) is 33.4 Å². The third-order valence-electron chi connectivity index (χ3n) is 2.07. The first-order valence-corrected chi connectivity index (χ1v) is 5.77. The summed E-state index contributed by atoms with van der Waals surface area (Å²) in [6.45, 7) is 2.88. The van der Waals surface area contributed by atoms with Crippen LogP contribution in [0, 0.1) is 0 Å². The molecule has 90 valence electrons. The van der Waals surface area contributed by atoms with Crippen LogP contribution in [0.4, 0.5) is 5.82 Å². The maximum Gasteiger partial charge on any atom is 0.133 e. The van der Waals surface area contributed by atoms with Crippen molar-refractivity contribution in [3.63, 3.8) is 0 Å². The highest BCUT2D eigenvalue weighted by atomic mass is 79.9. The number of anilines is 1. The van der Waals surface area contributed by atoms with Crippen LogP contribution in [-0.4, -0.2) is 50.5 Å². The number of aromatic nitrogens is 2. The van der Waals surface area contributed by atoms with Gasteiger partial charge in [0.2, 0.25) is 0 Å². The zero-order chi connectivity index (χ0) is 11.8. The van der Waals surface area contributed by atoms with Gasteiger partial charge in [-0.15, -0.1) is 0 Å². The summed E-state index contributed by atoms with van der Waals surface area (Å²) in [5.74, 6) is 0.871. The van der Waals surface area contributed by atoms with Crippen molar-refractivity contribution in [2.45, 2.75) is 0 Å². The molecule has 0 atom stereocenters. The molecule has 0 aliphatic heterocycles. The zero-order valence-corrected chi connectivity index (χ0v) is 11.1. The van der Waals surface area contributed by atoms with Crippen LogP contribution in [0.15, 0.2) is 17.0 Å². The lowest BCUT2D eigenvalue weighted by atomic mass is 10.4. The Morgan fingerprint density at radius 2 is 1.81 bits per heavy atom. The molecular weight excluding hydrogens is 274 g/mol. The molecule has 0 aliphatic rings. The standard InChI is InChI=1S/C10H16BrN3O2/c1-15-5-3-14(4-6-16-2)10-7-9(11)12-8-13-10/h7-8H,3-6H2,1-2H3. The van der Waals surface area contributed by atoms with Crippen molar-refractivity contribution in [2.24, 2.45) is 0 Å². The highest BCUT2D eigenvalue weighted by Crippen LogP contribution is 2.14. The summed E-state index contributed by atoms with van der Waals surface area (Å²) in [6, 6.07) is 1.88. The zero-order valence-electron chi connectivity index (χ0n) is 9.52. The molecule has 0 N–H and O–H groups in total. The smallest absolute Gasteiger partial charge is 0.133 e. The Labute approximate surface area is 104 Å². The SMILES string of the molecule is COCCN(CCOC)c1cc(Br)ncn1. The highest BCUT2D eigenvalue weighted by Gasteiger charge is 2.07. The van der Waals surface area contributed by atoms with Crippen molar-refractivity contribution in [2.75, 3.05) is 45.4 Å². The predicted octanol–water partition coefficient (Wildman–Crippen LogP) is 1.34. The average molecular weight is 290 g/mol. The van der Waals surface area contributed by atoms with Gasteiger partial charge in [-0.2, -0.15) is 0 Å². The first kappa shape index (κ1) is 13.3. The molecule has 0 fully saturated rings. The Balaban J connectivity index is 2.66. The molecule has 0 aromatic carbocycles. The second-order valence-electron chi connectivity index (χ2n) is 3.17. The van der Waals surface area contributed by atoms with E-state index in [1.165, 1.54) is 6.33 Å². The Morgan fingerprint density at radius 3 is 2.31 bits per heavy atom. The Hall–Kier alpha value is -0.720. The minimum absolute atomic E-state index is 0.658. The molecule has 0 saturated carbocycles. The first-order valence-electron chi connectivity index (χ1n) is 4.98. The number of nitrogens with zero attached hydrogens (tertiary/aromatic N) is 3. The number of hydrogen-bond donors (Lipinski definition) is 0. The number of rotatable bonds is 7. The van der Waals surface area contributed by atoms with Crippen molar-refractivity contribution in [3.8, 4) is 0 Å². The van der Waals surface area contributed by atoms with Gasteiger partial charge in [0.15, 0.2) is 0 Å². The minimum atomic E-state index is 0.658. The van der Waals surface area contributed by atoms with Crippen LogP contribution in [0.3, 0.4) is 0 Å². The molecule has 6 heteroatoms. The van der Waals surface area contributed by atoms with E-state index in [0.717, 1.165) is 23.5 Å². The third-order valence-corrected chi connectivity index (χ3v) is 2.51. The van der Waals surface area contributed by atoms with Gasteiger partial charge in [0.1, 0.15) is 16.7 Å². The lowest BCUT2D eigenvalue weighted by Crippen LogP contribution is -2.31. The van der Waals surface area contributed by atoms with E-state index in [1.807, 2.05) is 6.07 Å².